The second kappa shape index (κ2) is 10.7. The topological polar surface area (TPSA) is 69.5 Å². The van der Waals surface area contributed by atoms with Gasteiger partial charge in [-0.3, -0.25) is 9.59 Å². The Balaban J connectivity index is 1.48. The van der Waals surface area contributed by atoms with E-state index >= 15 is 0 Å². The number of piperidine rings is 2. The first-order valence-electron chi connectivity index (χ1n) is 11.1. The lowest BCUT2D eigenvalue weighted by Crippen LogP contribution is -3.11. The minimum atomic E-state index is -0.116. The SMILES string of the molecule is CCOC(=O)C1CCN(C(=O)C2CC[NH+](Cc3cc(OC)ccc3OC)CC2)CC1. The Kier molecular flexibility index (Phi) is 7.96. The molecule has 0 unspecified atom stereocenters. The number of benzene rings is 1. The molecule has 7 heteroatoms. The molecule has 3 rings (SSSR count). The highest BCUT2D eigenvalue weighted by Crippen LogP contribution is 2.25. The molecule has 2 fully saturated rings. The fourth-order valence-electron chi connectivity index (χ4n) is 4.59. The van der Waals surface area contributed by atoms with Crippen LogP contribution >= 0.6 is 0 Å². The number of nitrogens with zero attached hydrogens (tertiary/aromatic N) is 1. The third-order valence-corrected chi connectivity index (χ3v) is 6.40. The number of methoxy groups -OCH3 is 2. The average Bonchev–Trinajstić information content (AvgIpc) is 2.79. The first-order chi connectivity index (χ1) is 14.5. The van der Waals surface area contributed by atoms with E-state index in [0.717, 1.165) is 49.5 Å². The van der Waals surface area contributed by atoms with Gasteiger partial charge in [-0.1, -0.05) is 0 Å². The number of carbonyl (C=O) groups excluding carboxylic acids is 2. The van der Waals surface area contributed by atoms with Gasteiger partial charge in [0.1, 0.15) is 18.0 Å². The quantitative estimate of drug-likeness (QED) is 0.675. The van der Waals surface area contributed by atoms with Gasteiger partial charge in [0, 0.05) is 31.8 Å². The van der Waals surface area contributed by atoms with Crippen LogP contribution in [0.2, 0.25) is 0 Å². The number of nitrogens with one attached hydrogen (secondary N) is 1. The van der Waals surface area contributed by atoms with E-state index in [-0.39, 0.29) is 23.7 Å². The van der Waals surface area contributed by atoms with E-state index in [2.05, 4.69) is 0 Å². The van der Waals surface area contributed by atoms with Crippen LogP contribution in [-0.4, -0.2) is 63.8 Å². The number of amides is 1. The maximum absolute atomic E-state index is 13.0. The Morgan fingerprint density at radius 1 is 1.03 bits per heavy atom. The van der Waals surface area contributed by atoms with Gasteiger partial charge in [-0.2, -0.15) is 0 Å². The maximum atomic E-state index is 13.0. The molecule has 0 spiro atoms. The molecule has 2 saturated heterocycles. The fraction of sp³-hybridized carbons (Fsp3) is 0.652. The number of ether oxygens (including phenoxy) is 3. The molecule has 1 aromatic rings. The van der Waals surface area contributed by atoms with E-state index < -0.39 is 0 Å². The highest BCUT2D eigenvalue weighted by Gasteiger charge is 2.34. The van der Waals surface area contributed by atoms with Gasteiger partial charge in [-0.15, -0.1) is 0 Å². The van der Waals surface area contributed by atoms with Crippen LogP contribution in [0.1, 0.15) is 38.2 Å². The van der Waals surface area contributed by atoms with Crippen molar-refractivity contribution in [2.45, 2.75) is 39.2 Å². The lowest BCUT2D eigenvalue weighted by molar-refractivity contribution is -0.919. The molecule has 166 valence electrons. The largest absolute Gasteiger partial charge is 0.497 e. The van der Waals surface area contributed by atoms with Crippen LogP contribution in [0.4, 0.5) is 0 Å². The zero-order valence-electron chi connectivity index (χ0n) is 18.4. The van der Waals surface area contributed by atoms with Crippen LogP contribution in [0.15, 0.2) is 18.2 Å². The molecule has 0 saturated carbocycles. The van der Waals surface area contributed by atoms with Gasteiger partial charge in [-0.25, -0.2) is 0 Å². The lowest BCUT2D eigenvalue weighted by atomic mass is 9.92. The lowest BCUT2D eigenvalue weighted by Gasteiger charge is -2.35. The molecule has 0 bridgehead atoms. The number of hydrogen-bond donors (Lipinski definition) is 1. The van der Waals surface area contributed by atoms with Gasteiger partial charge >= 0.3 is 5.97 Å². The smallest absolute Gasteiger partial charge is 0.309 e. The summed E-state index contributed by atoms with van der Waals surface area (Å²) in [6, 6.07) is 5.90. The Labute approximate surface area is 179 Å². The van der Waals surface area contributed by atoms with E-state index in [0.29, 0.717) is 32.5 Å². The molecule has 0 aliphatic carbocycles. The third-order valence-electron chi connectivity index (χ3n) is 6.40. The molecule has 1 N–H and O–H groups in total. The van der Waals surface area contributed by atoms with E-state index in [4.69, 9.17) is 14.2 Å². The van der Waals surface area contributed by atoms with Crippen LogP contribution in [-0.2, 0) is 20.9 Å². The molecule has 0 radical (unpaired) electrons. The van der Waals surface area contributed by atoms with Gasteiger partial charge < -0.3 is 24.0 Å². The number of esters is 1. The first kappa shape index (κ1) is 22.4. The van der Waals surface area contributed by atoms with Crippen LogP contribution in [0.5, 0.6) is 11.5 Å². The Morgan fingerprint density at radius 3 is 2.33 bits per heavy atom. The predicted octanol–water partition coefficient (Wildman–Crippen LogP) is 1.30. The number of likely N-dealkylation sites (tertiary alicyclic amines) is 2. The molecule has 2 aliphatic heterocycles. The summed E-state index contributed by atoms with van der Waals surface area (Å²) in [7, 11) is 3.36. The summed E-state index contributed by atoms with van der Waals surface area (Å²) < 4.78 is 16.0. The molecule has 0 aromatic heterocycles. The first-order valence-corrected chi connectivity index (χ1v) is 11.1. The number of hydrogen-bond acceptors (Lipinski definition) is 5. The average molecular weight is 420 g/mol. The van der Waals surface area contributed by atoms with Crippen molar-refractivity contribution in [2.24, 2.45) is 11.8 Å². The molecule has 1 aromatic carbocycles. The van der Waals surface area contributed by atoms with Crippen molar-refractivity contribution in [1.29, 1.82) is 0 Å². The third kappa shape index (κ3) is 5.45. The van der Waals surface area contributed by atoms with Crippen molar-refractivity contribution in [2.75, 3.05) is 47.0 Å². The standard InChI is InChI=1S/C23H34N2O5/c1-4-30-23(27)18-9-13-25(14-10-18)22(26)17-7-11-24(12-8-17)16-19-15-20(28-2)5-6-21(19)29-3/h5-6,15,17-18H,4,7-14,16H2,1-3H3/p+1. The monoisotopic (exact) mass is 419 g/mol. The Bertz CT molecular complexity index is 722. The molecule has 2 heterocycles. The molecule has 30 heavy (non-hydrogen) atoms. The van der Waals surface area contributed by atoms with E-state index in [1.54, 1.807) is 14.2 Å². The fourth-order valence-corrected chi connectivity index (χ4v) is 4.59. The molecule has 7 nitrogen and oxygen atoms in total. The van der Waals surface area contributed by atoms with Crippen molar-refractivity contribution in [3.63, 3.8) is 0 Å². The zero-order chi connectivity index (χ0) is 21.5. The zero-order valence-corrected chi connectivity index (χ0v) is 18.4. The van der Waals surface area contributed by atoms with Crippen LogP contribution in [0.3, 0.4) is 0 Å². The molecular weight excluding hydrogens is 384 g/mol. The Hall–Kier alpha value is -2.28. The van der Waals surface area contributed by atoms with Crippen LogP contribution in [0.25, 0.3) is 0 Å². The highest BCUT2D eigenvalue weighted by molar-refractivity contribution is 5.79. The summed E-state index contributed by atoms with van der Waals surface area (Å²) in [6.45, 7) is 6.38. The molecule has 0 atom stereocenters. The Morgan fingerprint density at radius 2 is 1.73 bits per heavy atom. The van der Waals surface area contributed by atoms with Crippen molar-refractivity contribution < 1.29 is 28.7 Å². The number of rotatable bonds is 7. The van der Waals surface area contributed by atoms with Gasteiger partial charge in [0.2, 0.25) is 5.91 Å². The van der Waals surface area contributed by atoms with E-state index in [1.807, 2.05) is 30.0 Å². The summed E-state index contributed by atoms with van der Waals surface area (Å²) in [5.74, 6) is 1.90. The van der Waals surface area contributed by atoms with E-state index in [1.165, 1.54) is 4.90 Å². The van der Waals surface area contributed by atoms with Crippen LogP contribution in [0, 0.1) is 11.8 Å². The molecule has 1 amide bonds. The summed E-state index contributed by atoms with van der Waals surface area (Å²) in [5.41, 5.74) is 1.14. The second-order valence-corrected chi connectivity index (χ2v) is 8.23. The van der Waals surface area contributed by atoms with Gasteiger partial charge in [0.05, 0.1) is 45.4 Å². The van der Waals surface area contributed by atoms with Crippen molar-refractivity contribution >= 4 is 11.9 Å². The van der Waals surface area contributed by atoms with Gasteiger partial charge in [0.15, 0.2) is 0 Å². The van der Waals surface area contributed by atoms with Gasteiger partial charge in [0.25, 0.3) is 0 Å². The van der Waals surface area contributed by atoms with Crippen molar-refractivity contribution in [3.05, 3.63) is 23.8 Å². The summed E-state index contributed by atoms with van der Waals surface area (Å²) in [6.07, 6.45) is 3.23. The number of quaternary nitrogens is 1. The van der Waals surface area contributed by atoms with E-state index in [9.17, 15) is 9.59 Å². The molecule has 2 aliphatic rings. The minimum absolute atomic E-state index is 0.0573. The summed E-state index contributed by atoms with van der Waals surface area (Å²) in [4.78, 5) is 28.3. The van der Waals surface area contributed by atoms with Crippen LogP contribution < -0.4 is 14.4 Å². The maximum Gasteiger partial charge on any atom is 0.309 e. The normalized spacial score (nSPS) is 22.4. The number of carbonyl (C=O) groups is 2. The highest BCUT2D eigenvalue weighted by atomic mass is 16.5. The predicted molar refractivity (Wildman–Crippen MR) is 113 cm³/mol. The van der Waals surface area contributed by atoms with Crippen molar-refractivity contribution in [3.8, 4) is 11.5 Å². The molecular formula is C23H35N2O5+. The van der Waals surface area contributed by atoms with Gasteiger partial charge in [-0.05, 0) is 38.0 Å². The minimum Gasteiger partial charge on any atom is -0.497 e. The summed E-state index contributed by atoms with van der Waals surface area (Å²) in [5, 5.41) is 0. The summed E-state index contributed by atoms with van der Waals surface area (Å²) >= 11 is 0. The van der Waals surface area contributed by atoms with Crippen molar-refractivity contribution in [1.82, 2.24) is 4.90 Å². The second-order valence-electron chi connectivity index (χ2n) is 8.23.